The van der Waals surface area contributed by atoms with Gasteiger partial charge in [-0.2, -0.15) is 0 Å². The lowest BCUT2D eigenvalue weighted by Crippen LogP contribution is -2.34. The molecule has 1 aliphatic heterocycles. The van der Waals surface area contributed by atoms with Gasteiger partial charge in [-0.1, -0.05) is 6.07 Å². The fraction of sp³-hybridized carbons (Fsp3) is 0.417. The normalized spacial score (nSPS) is 25.4. The summed E-state index contributed by atoms with van der Waals surface area (Å²) in [4.78, 5) is 11.4. The summed E-state index contributed by atoms with van der Waals surface area (Å²) in [6.07, 6.45) is 1.12. The molecule has 3 rings (SSSR count). The van der Waals surface area contributed by atoms with E-state index in [1.165, 1.54) is 0 Å². The number of carbonyl (C=O) groups excluding carboxylic acids is 1. The van der Waals surface area contributed by atoms with Gasteiger partial charge in [0, 0.05) is 0 Å². The molecule has 0 radical (unpaired) electrons. The lowest BCUT2D eigenvalue weighted by Gasteiger charge is -2.24. The highest BCUT2D eigenvalue weighted by atomic mass is 16.5. The van der Waals surface area contributed by atoms with E-state index in [0.29, 0.717) is 11.4 Å². The summed E-state index contributed by atoms with van der Waals surface area (Å²) in [5, 5.41) is 12.7. The number of hydrogen-bond acceptors (Lipinski definition) is 3. The molecule has 1 amide bonds. The molecule has 1 fully saturated rings. The van der Waals surface area contributed by atoms with Crippen molar-refractivity contribution in [2.75, 3.05) is 5.32 Å². The van der Waals surface area contributed by atoms with Gasteiger partial charge in [0.05, 0.1) is 11.3 Å². The number of rotatable bonds is 1. The predicted molar refractivity (Wildman–Crippen MR) is 58.3 cm³/mol. The van der Waals surface area contributed by atoms with Crippen LogP contribution in [0.1, 0.15) is 25.3 Å². The van der Waals surface area contributed by atoms with Gasteiger partial charge < -0.3 is 15.2 Å². The number of aliphatic hydroxyl groups is 1. The Balaban J connectivity index is 1.99. The predicted octanol–water partition coefficient (Wildman–Crippen LogP) is 1.39. The van der Waals surface area contributed by atoms with Gasteiger partial charge in [-0.25, -0.2) is 0 Å². The number of carbonyl (C=O) groups is 1. The summed E-state index contributed by atoms with van der Waals surface area (Å²) in [6.45, 7) is 1.71. The van der Waals surface area contributed by atoms with E-state index in [1.54, 1.807) is 19.1 Å². The molecule has 0 bridgehead atoms. The van der Waals surface area contributed by atoms with Crippen LogP contribution in [0.15, 0.2) is 18.2 Å². The lowest BCUT2D eigenvalue weighted by atomic mass is 10.1. The molecule has 1 aromatic carbocycles. The third-order valence-corrected chi connectivity index (χ3v) is 3.17. The molecule has 1 aliphatic carbocycles. The van der Waals surface area contributed by atoms with E-state index in [1.807, 2.05) is 6.07 Å². The van der Waals surface area contributed by atoms with Crippen molar-refractivity contribution in [1.29, 1.82) is 0 Å². The minimum absolute atomic E-state index is 0.146. The summed E-state index contributed by atoms with van der Waals surface area (Å²) < 4.78 is 5.44. The fourth-order valence-corrected chi connectivity index (χ4v) is 1.91. The summed E-state index contributed by atoms with van der Waals surface area (Å²) in [6, 6.07) is 5.46. The first-order chi connectivity index (χ1) is 7.58. The van der Waals surface area contributed by atoms with Gasteiger partial charge in [-0.15, -0.1) is 0 Å². The SMILES string of the molecule is CC1Oc2ccc(C3(O)CC3)cc2NC1=O. The Hall–Kier alpha value is -1.55. The van der Waals surface area contributed by atoms with Crippen LogP contribution in [0, 0.1) is 0 Å². The van der Waals surface area contributed by atoms with Crippen LogP contribution < -0.4 is 10.1 Å². The highest BCUT2D eigenvalue weighted by molar-refractivity contribution is 5.97. The first-order valence-electron chi connectivity index (χ1n) is 5.43. The van der Waals surface area contributed by atoms with Crippen molar-refractivity contribution in [3.63, 3.8) is 0 Å². The van der Waals surface area contributed by atoms with E-state index in [0.717, 1.165) is 18.4 Å². The summed E-state index contributed by atoms with van der Waals surface area (Å²) >= 11 is 0. The molecule has 4 nitrogen and oxygen atoms in total. The van der Waals surface area contributed by atoms with Crippen molar-refractivity contribution >= 4 is 11.6 Å². The molecular weight excluding hydrogens is 206 g/mol. The van der Waals surface area contributed by atoms with Gasteiger partial charge in [-0.05, 0) is 37.5 Å². The second-order valence-corrected chi connectivity index (χ2v) is 4.49. The van der Waals surface area contributed by atoms with E-state index in [4.69, 9.17) is 4.74 Å². The Bertz CT molecular complexity index is 465. The number of fused-ring (bicyclic) bond motifs is 1. The molecule has 84 valence electrons. The molecule has 1 aromatic rings. The molecule has 1 heterocycles. The Labute approximate surface area is 93.2 Å². The van der Waals surface area contributed by atoms with Crippen LogP contribution in [-0.2, 0) is 10.4 Å². The van der Waals surface area contributed by atoms with Crippen molar-refractivity contribution < 1.29 is 14.6 Å². The maximum Gasteiger partial charge on any atom is 0.265 e. The summed E-state index contributed by atoms with van der Waals surface area (Å²) in [5.41, 5.74) is 0.827. The largest absolute Gasteiger partial charge is 0.479 e. The van der Waals surface area contributed by atoms with Gasteiger partial charge >= 0.3 is 0 Å². The zero-order chi connectivity index (χ0) is 11.3. The smallest absolute Gasteiger partial charge is 0.265 e. The third-order valence-electron chi connectivity index (χ3n) is 3.17. The van der Waals surface area contributed by atoms with Crippen LogP contribution in [0.25, 0.3) is 0 Å². The van der Waals surface area contributed by atoms with Crippen molar-refractivity contribution in [3.05, 3.63) is 23.8 Å². The maximum atomic E-state index is 11.4. The molecule has 1 unspecified atom stereocenters. The number of nitrogens with one attached hydrogen (secondary N) is 1. The van der Waals surface area contributed by atoms with Crippen LogP contribution in [0.4, 0.5) is 5.69 Å². The van der Waals surface area contributed by atoms with Crippen molar-refractivity contribution in [3.8, 4) is 5.75 Å². The monoisotopic (exact) mass is 219 g/mol. The second kappa shape index (κ2) is 2.98. The van der Waals surface area contributed by atoms with E-state index in [2.05, 4.69) is 5.32 Å². The quantitative estimate of drug-likeness (QED) is 0.750. The molecule has 1 atom stereocenters. The molecule has 0 spiro atoms. The minimum atomic E-state index is -0.678. The van der Waals surface area contributed by atoms with Crippen LogP contribution in [-0.4, -0.2) is 17.1 Å². The van der Waals surface area contributed by atoms with E-state index < -0.39 is 11.7 Å². The molecule has 16 heavy (non-hydrogen) atoms. The summed E-state index contributed by atoms with van der Waals surface area (Å²) in [7, 11) is 0. The molecular formula is C12H13NO3. The molecule has 4 heteroatoms. The lowest BCUT2D eigenvalue weighted by molar-refractivity contribution is -0.122. The Morgan fingerprint density at radius 2 is 2.25 bits per heavy atom. The average molecular weight is 219 g/mol. The first kappa shape index (κ1) is 9.66. The zero-order valence-corrected chi connectivity index (χ0v) is 8.99. The first-order valence-corrected chi connectivity index (χ1v) is 5.43. The van der Waals surface area contributed by atoms with Crippen molar-refractivity contribution in [1.82, 2.24) is 0 Å². The van der Waals surface area contributed by atoms with Crippen molar-refractivity contribution in [2.45, 2.75) is 31.5 Å². The highest BCUT2D eigenvalue weighted by Crippen LogP contribution is 2.47. The van der Waals surface area contributed by atoms with Crippen LogP contribution in [0.5, 0.6) is 5.75 Å². The molecule has 0 aromatic heterocycles. The molecule has 2 N–H and O–H groups in total. The van der Waals surface area contributed by atoms with Gasteiger partial charge in [0.2, 0.25) is 0 Å². The van der Waals surface area contributed by atoms with Gasteiger partial charge in [0.25, 0.3) is 5.91 Å². The van der Waals surface area contributed by atoms with Crippen LogP contribution in [0.2, 0.25) is 0 Å². The van der Waals surface area contributed by atoms with Gasteiger partial charge in [0.1, 0.15) is 5.75 Å². The van der Waals surface area contributed by atoms with E-state index in [9.17, 15) is 9.90 Å². The van der Waals surface area contributed by atoms with Crippen LogP contribution in [0.3, 0.4) is 0 Å². The average Bonchev–Trinajstić information content (AvgIpc) is 2.99. The highest BCUT2D eigenvalue weighted by Gasteiger charge is 2.42. The number of benzene rings is 1. The van der Waals surface area contributed by atoms with Crippen LogP contribution >= 0.6 is 0 Å². The summed E-state index contributed by atoms with van der Waals surface area (Å²) in [5.74, 6) is 0.521. The Kier molecular flexibility index (Phi) is 1.80. The fourth-order valence-electron chi connectivity index (χ4n) is 1.91. The Morgan fingerprint density at radius 1 is 1.50 bits per heavy atom. The molecule has 0 saturated heterocycles. The number of amides is 1. The molecule has 1 saturated carbocycles. The molecule has 2 aliphatic rings. The number of hydrogen-bond donors (Lipinski definition) is 2. The second-order valence-electron chi connectivity index (χ2n) is 4.49. The van der Waals surface area contributed by atoms with E-state index >= 15 is 0 Å². The van der Waals surface area contributed by atoms with Crippen molar-refractivity contribution in [2.24, 2.45) is 0 Å². The zero-order valence-electron chi connectivity index (χ0n) is 8.99. The Morgan fingerprint density at radius 3 is 2.94 bits per heavy atom. The minimum Gasteiger partial charge on any atom is -0.479 e. The van der Waals surface area contributed by atoms with Gasteiger partial charge in [0.15, 0.2) is 6.10 Å². The number of ether oxygens (including phenoxy) is 1. The maximum absolute atomic E-state index is 11.4. The topological polar surface area (TPSA) is 58.6 Å². The third kappa shape index (κ3) is 1.38. The van der Waals surface area contributed by atoms with E-state index in [-0.39, 0.29) is 5.91 Å². The van der Waals surface area contributed by atoms with Gasteiger partial charge in [-0.3, -0.25) is 4.79 Å². The standard InChI is InChI=1S/C12H13NO3/c1-7-11(14)13-9-6-8(12(15)4-5-12)2-3-10(9)16-7/h2-3,6-7,15H,4-5H2,1H3,(H,13,14). The number of anilines is 1.